The SMILES string of the molecule is COc1cccc(NC(=O)[C@@H](OC(=O)[C@H]2Cc3ccccc3S2)c2ccccc2)c1. The maximum absolute atomic E-state index is 13.0. The Bertz CT molecular complexity index is 1030. The van der Waals surface area contributed by atoms with Gasteiger partial charge in [0.15, 0.2) is 0 Å². The number of rotatable bonds is 6. The van der Waals surface area contributed by atoms with Gasteiger partial charge in [0.1, 0.15) is 11.0 Å². The molecule has 0 saturated heterocycles. The third-order valence-electron chi connectivity index (χ3n) is 4.82. The fourth-order valence-corrected chi connectivity index (χ4v) is 4.50. The lowest BCUT2D eigenvalue weighted by molar-refractivity contribution is -0.154. The topological polar surface area (TPSA) is 64.6 Å². The van der Waals surface area contributed by atoms with Crippen molar-refractivity contribution in [3.63, 3.8) is 0 Å². The van der Waals surface area contributed by atoms with Crippen LogP contribution in [0.1, 0.15) is 17.2 Å². The molecule has 1 aliphatic heterocycles. The van der Waals surface area contributed by atoms with Crippen LogP contribution in [0.4, 0.5) is 5.69 Å². The van der Waals surface area contributed by atoms with Gasteiger partial charge in [-0.1, -0.05) is 54.6 Å². The normalized spacial score (nSPS) is 15.7. The van der Waals surface area contributed by atoms with Crippen molar-refractivity contribution >= 4 is 29.3 Å². The Labute approximate surface area is 179 Å². The number of benzene rings is 3. The first-order valence-corrected chi connectivity index (χ1v) is 10.5. The zero-order valence-electron chi connectivity index (χ0n) is 16.4. The van der Waals surface area contributed by atoms with E-state index >= 15 is 0 Å². The molecular weight excluding hydrogens is 398 g/mol. The summed E-state index contributed by atoms with van der Waals surface area (Å²) in [5.41, 5.74) is 2.31. The molecule has 0 aliphatic carbocycles. The molecule has 0 spiro atoms. The number of anilines is 1. The number of fused-ring (bicyclic) bond motifs is 1. The van der Waals surface area contributed by atoms with Crippen LogP contribution in [0.2, 0.25) is 0 Å². The number of hydrogen-bond donors (Lipinski definition) is 1. The van der Waals surface area contributed by atoms with Gasteiger partial charge in [-0.15, -0.1) is 11.8 Å². The molecule has 0 saturated carbocycles. The molecule has 6 heteroatoms. The van der Waals surface area contributed by atoms with Gasteiger partial charge in [-0.25, -0.2) is 0 Å². The quantitative estimate of drug-likeness (QED) is 0.590. The first-order valence-electron chi connectivity index (χ1n) is 9.59. The van der Waals surface area contributed by atoms with E-state index in [1.54, 1.807) is 43.5 Å². The molecule has 30 heavy (non-hydrogen) atoms. The summed E-state index contributed by atoms with van der Waals surface area (Å²) in [6.07, 6.45) is -0.451. The predicted molar refractivity (Wildman–Crippen MR) is 117 cm³/mol. The highest BCUT2D eigenvalue weighted by Gasteiger charge is 2.33. The molecule has 3 aromatic rings. The third kappa shape index (κ3) is 4.49. The van der Waals surface area contributed by atoms with Gasteiger partial charge in [-0.3, -0.25) is 9.59 Å². The van der Waals surface area contributed by atoms with Crippen LogP contribution in [0.15, 0.2) is 83.8 Å². The number of amides is 1. The minimum absolute atomic E-state index is 0.363. The lowest BCUT2D eigenvalue weighted by Gasteiger charge is -2.20. The molecule has 2 atom stereocenters. The van der Waals surface area contributed by atoms with Crippen LogP contribution in [-0.4, -0.2) is 24.2 Å². The van der Waals surface area contributed by atoms with Crippen LogP contribution in [0.5, 0.6) is 5.75 Å². The van der Waals surface area contributed by atoms with Gasteiger partial charge in [0.25, 0.3) is 5.91 Å². The monoisotopic (exact) mass is 419 g/mol. The molecule has 0 fully saturated rings. The number of esters is 1. The van der Waals surface area contributed by atoms with E-state index in [1.165, 1.54) is 11.8 Å². The first-order chi connectivity index (χ1) is 14.6. The second kappa shape index (κ2) is 9.05. The molecule has 1 heterocycles. The van der Waals surface area contributed by atoms with E-state index in [1.807, 2.05) is 42.5 Å². The number of hydrogen-bond acceptors (Lipinski definition) is 5. The van der Waals surface area contributed by atoms with E-state index in [0.29, 0.717) is 23.4 Å². The zero-order chi connectivity index (χ0) is 20.9. The molecule has 0 unspecified atom stereocenters. The van der Waals surface area contributed by atoms with E-state index in [2.05, 4.69) is 5.32 Å². The van der Waals surface area contributed by atoms with Crippen molar-refractivity contribution in [3.8, 4) is 5.75 Å². The maximum Gasteiger partial charge on any atom is 0.320 e. The highest BCUT2D eigenvalue weighted by atomic mass is 32.2. The van der Waals surface area contributed by atoms with Crippen LogP contribution in [0.3, 0.4) is 0 Å². The highest BCUT2D eigenvalue weighted by Crippen LogP contribution is 2.38. The molecule has 1 amide bonds. The predicted octanol–water partition coefficient (Wildman–Crippen LogP) is 4.64. The fourth-order valence-electron chi connectivity index (χ4n) is 3.31. The van der Waals surface area contributed by atoms with Crippen molar-refractivity contribution in [2.24, 2.45) is 0 Å². The second-order valence-electron chi connectivity index (χ2n) is 6.87. The number of methoxy groups -OCH3 is 1. The molecule has 1 aliphatic rings. The summed E-state index contributed by atoms with van der Waals surface area (Å²) in [6, 6.07) is 24.0. The summed E-state index contributed by atoms with van der Waals surface area (Å²) < 4.78 is 10.9. The van der Waals surface area contributed by atoms with Crippen molar-refractivity contribution < 1.29 is 19.1 Å². The zero-order valence-corrected chi connectivity index (χ0v) is 17.2. The summed E-state index contributed by atoms with van der Waals surface area (Å²) in [4.78, 5) is 27.0. The van der Waals surface area contributed by atoms with E-state index in [-0.39, 0.29) is 5.25 Å². The van der Waals surface area contributed by atoms with Gasteiger partial charge >= 0.3 is 5.97 Å². The highest BCUT2D eigenvalue weighted by molar-refractivity contribution is 8.01. The van der Waals surface area contributed by atoms with Crippen molar-refractivity contribution in [1.82, 2.24) is 0 Å². The molecule has 0 aromatic heterocycles. The van der Waals surface area contributed by atoms with Crippen LogP contribution in [-0.2, 0) is 20.7 Å². The van der Waals surface area contributed by atoms with Crippen molar-refractivity contribution in [2.45, 2.75) is 22.7 Å². The lowest BCUT2D eigenvalue weighted by atomic mass is 10.1. The summed E-state index contributed by atoms with van der Waals surface area (Å²) in [5.74, 6) is -0.185. The Hall–Kier alpha value is -3.25. The molecule has 5 nitrogen and oxygen atoms in total. The minimum atomic E-state index is -1.05. The fraction of sp³-hybridized carbons (Fsp3) is 0.167. The van der Waals surface area contributed by atoms with Crippen LogP contribution >= 0.6 is 11.8 Å². The van der Waals surface area contributed by atoms with Gasteiger partial charge < -0.3 is 14.8 Å². The number of ether oxygens (including phenoxy) is 2. The maximum atomic E-state index is 13.0. The summed E-state index contributed by atoms with van der Waals surface area (Å²) >= 11 is 1.48. The Morgan fingerprint density at radius 1 is 1.00 bits per heavy atom. The molecule has 152 valence electrons. The Kier molecular flexibility index (Phi) is 6.05. The van der Waals surface area contributed by atoms with Gasteiger partial charge in [-0.05, 0) is 30.2 Å². The molecular formula is C24H21NO4S. The van der Waals surface area contributed by atoms with E-state index in [0.717, 1.165) is 10.5 Å². The number of thioether (sulfide) groups is 1. The molecule has 0 radical (unpaired) electrons. The summed E-state index contributed by atoms with van der Waals surface area (Å²) in [5, 5.41) is 2.46. The smallest absolute Gasteiger partial charge is 0.320 e. The number of carbonyl (C=O) groups is 2. The number of nitrogens with one attached hydrogen (secondary N) is 1. The summed E-state index contributed by atoms with van der Waals surface area (Å²) in [6.45, 7) is 0. The molecule has 0 bridgehead atoms. The lowest BCUT2D eigenvalue weighted by Crippen LogP contribution is -2.29. The van der Waals surface area contributed by atoms with Gasteiger partial charge in [0.05, 0.1) is 7.11 Å². The average molecular weight is 420 g/mol. The van der Waals surface area contributed by atoms with Crippen molar-refractivity contribution in [3.05, 3.63) is 90.0 Å². The Morgan fingerprint density at radius 3 is 2.53 bits per heavy atom. The average Bonchev–Trinajstić information content (AvgIpc) is 3.22. The first kappa shape index (κ1) is 20.0. The van der Waals surface area contributed by atoms with E-state index < -0.39 is 18.0 Å². The van der Waals surface area contributed by atoms with E-state index in [4.69, 9.17) is 9.47 Å². The van der Waals surface area contributed by atoms with Gasteiger partial charge in [0.2, 0.25) is 6.10 Å². The number of carbonyl (C=O) groups excluding carboxylic acids is 2. The van der Waals surface area contributed by atoms with Gasteiger partial charge in [-0.2, -0.15) is 0 Å². The van der Waals surface area contributed by atoms with Crippen LogP contribution < -0.4 is 10.1 Å². The largest absolute Gasteiger partial charge is 0.497 e. The Balaban J connectivity index is 1.52. The van der Waals surface area contributed by atoms with Crippen molar-refractivity contribution in [1.29, 1.82) is 0 Å². The molecule has 4 rings (SSSR count). The standard InChI is InChI=1S/C24H21NO4S/c1-28-19-12-7-11-18(15-19)25-23(26)22(16-8-3-2-4-9-16)29-24(27)21-14-17-10-5-6-13-20(17)30-21/h2-13,15,21-22H,14H2,1H3,(H,25,26)/t21-,22+/m1/s1. The molecule has 1 N–H and O–H groups in total. The minimum Gasteiger partial charge on any atom is -0.497 e. The van der Waals surface area contributed by atoms with Crippen LogP contribution in [0.25, 0.3) is 0 Å². The van der Waals surface area contributed by atoms with E-state index in [9.17, 15) is 9.59 Å². The summed E-state index contributed by atoms with van der Waals surface area (Å²) in [7, 11) is 1.56. The Morgan fingerprint density at radius 2 is 1.77 bits per heavy atom. The molecule has 3 aromatic carbocycles. The third-order valence-corrected chi connectivity index (χ3v) is 6.12. The van der Waals surface area contributed by atoms with Gasteiger partial charge in [0, 0.05) is 22.2 Å². The van der Waals surface area contributed by atoms with Crippen molar-refractivity contribution in [2.75, 3.05) is 12.4 Å². The second-order valence-corrected chi connectivity index (χ2v) is 8.11. The van der Waals surface area contributed by atoms with Crippen LogP contribution in [0, 0.1) is 0 Å².